The highest BCUT2D eigenvalue weighted by atomic mass is 79.9. The predicted octanol–water partition coefficient (Wildman–Crippen LogP) is 5.10. The molecule has 0 saturated carbocycles. The third kappa shape index (κ3) is 3.31. The van der Waals surface area contributed by atoms with Crippen LogP contribution in [-0.2, 0) is 0 Å². The van der Waals surface area contributed by atoms with Crippen LogP contribution in [0.1, 0.15) is 31.0 Å². The summed E-state index contributed by atoms with van der Waals surface area (Å²) in [7, 11) is 1.62. The summed E-state index contributed by atoms with van der Waals surface area (Å²) in [6.07, 6.45) is 0. The number of halogens is 1. The molecule has 0 saturated heterocycles. The average molecular weight is 413 g/mol. The van der Waals surface area contributed by atoms with Crippen LogP contribution in [0.25, 0.3) is 17.1 Å². The molecule has 0 bridgehead atoms. The Morgan fingerprint density at radius 1 is 1.08 bits per heavy atom. The van der Waals surface area contributed by atoms with Gasteiger partial charge in [0.05, 0.1) is 24.1 Å². The standard InChI is InChI=1S/C21H21BrN2O2/c1-13(2)15-9-11-16(12-10-15)24-20(23-14(3)19(22)21(24)25)17-7-5-6-8-18(17)26-4/h5-13H,1-4H3. The molecule has 3 rings (SSSR count). The van der Waals surface area contributed by atoms with Crippen molar-refractivity contribution in [2.75, 3.05) is 7.11 Å². The molecule has 5 heteroatoms. The van der Waals surface area contributed by atoms with Gasteiger partial charge in [-0.1, -0.05) is 38.1 Å². The highest BCUT2D eigenvalue weighted by Crippen LogP contribution is 2.30. The van der Waals surface area contributed by atoms with Gasteiger partial charge in [0.1, 0.15) is 10.2 Å². The van der Waals surface area contributed by atoms with Crippen molar-refractivity contribution in [3.63, 3.8) is 0 Å². The van der Waals surface area contributed by atoms with Crippen LogP contribution in [0.2, 0.25) is 0 Å². The normalized spacial score (nSPS) is 11.0. The molecule has 3 aromatic rings. The van der Waals surface area contributed by atoms with Gasteiger partial charge in [0, 0.05) is 0 Å². The van der Waals surface area contributed by atoms with Crippen molar-refractivity contribution in [2.24, 2.45) is 0 Å². The molecule has 2 aromatic carbocycles. The average Bonchev–Trinajstić information content (AvgIpc) is 2.66. The zero-order valence-electron chi connectivity index (χ0n) is 15.3. The number of aromatic nitrogens is 2. The second kappa shape index (κ2) is 7.46. The summed E-state index contributed by atoms with van der Waals surface area (Å²) in [4.78, 5) is 17.7. The monoisotopic (exact) mass is 412 g/mol. The number of rotatable bonds is 4. The molecule has 26 heavy (non-hydrogen) atoms. The maximum Gasteiger partial charge on any atom is 0.272 e. The molecule has 1 aromatic heterocycles. The van der Waals surface area contributed by atoms with E-state index in [0.29, 0.717) is 27.7 Å². The molecule has 0 fully saturated rings. The van der Waals surface area contributed by atoms with E-state index in [9.17, 15) is 4.79 Å². The third-order valence-corrected chi connectivity index (χ3v) is 5.27. The Morgan fingerprint density at radius 2 is 1.73 bits per heavy atom. The fourth-order valence-corrected chi connectivity index (χ4v) is 3.13. The van der Waals surface area contributed by atoms with Crippen LogP contribution in [0, 0.1) is 6.92 Å². The van der Waals surface area contributed by atoms with Crippen molar-refractivity contribution in [3.8, 4) is 22.8 Å². The van der Waals surface area contributed by atoms with Crippen LogP contribution < -0.4 is 10.3 Å². The SMILES string of the molecule is COc1ccccc1-c1nc(C)c(Br)c(=O)n1-c1ccc(C(C)C)cc1. The highest BCUT2D eigenvalue weighted by Gasteiger charge is 2.18. The number of para-hydroxylation sites is 1. The first kappa shape index (κ1) is 18.4. The predicted molar refractivity (Wildman–Crippen MR) is 108 cm³/mol. The van der Waals surface area contributed by atoms with Gasteiger partial charge in [-0.25, -0.2) is 4.98 Å². The Kier molecular flexibility index (Phi) is 5.28. The Hall–Kier alpha value is -2.40. The summed E-state index contributed by atoms with van der Waals surface area (Å²) in [5.74, 6) is 1.66. The number of ether oxygens (including phenoxy) is 1. The summed E-state index contributed by atoms with van der Waals surface area (Å²) in [5, 5.41) is 0. The molecule has 4 nitrogen and oxygen atoms in total. The van der Waals surface area contributed by atoms with Crippen LogP contribution in [-0.4, -0.2) is 16.7 Å². The molecular formula is C21H21BrN2O2. The first-order valence-electron chi connectivity index (χ1n) is 8.47. The molecule has 0 unspecified atom stereocenters. The Bertz CT molecular complexity index is 992. The molecule has 0 N–H and O–H groups in total. The number of hydrogen-bond donors (Lipinski definition) is 0. The van der Waals surface area contributed by atoms with E-state index < -0.39 is 0 Å². The Labute approximate surface area is 161 Å². The minimum absolute atomic E-state index is 0.143. The second-order valence-electron chi connectivity index (χ2n) is 6.42. The fourth-order valence-electron chi connectivity index (χ4n) is 2.86. The minimum Gasteiger partial charge on any atom is -0.496 e. The van der Waals surface area contributed by atoms with Gasteiger partial charge in [-0.2, -0.15) is 0 Å². The highest BCUT2D eigenvalue weighted by molar-refractivity contribution is 9.10. The van der Waals surface area contributed by atoms with Gasteiger partial charge < -0.3 is 4.74 Å². The van der Waals surface area contributed by atoms with E-state index in [1.54, 1.807) is 11.7 Å². The van der Waals surface area contributed by atoms with E-state index in [4.69, 9.17) is 4.74 Å². The van der Waals surface area contributed by atoms with E-state index in [2.05, 4.69) is 34.8 Å². The van der Waals surface area contributed by atoms with E-state index >= 15 is 0 Å². The number of methoxy groups -OCH3 is 1. The third-order valence-electron chi connectivity index (χ3n) is 4.36. The summed E-state index contributed by atoms with van der Waals surface area (Å²) in [6.45, 7) is 6.10. The molecular weight excluding hydrogens is 392 g/mol. The van der Waals surface area contributed by atoms with Gasteiger partial charge in [0.2, 0.25) is 0 Å². The molecule has 0 aliphatic carbocycles. The number of aryl methyl sites for hydroxylation is 1. The summed E-state index contributed by atoms with van der Waals surface area (Å²) < 4.78 is 7.57. The number of nitrogens with zero attached hydrogens (tertiary/aromatic N) is 2. The zero-order valence-corrected chi connectivity index (χ0v) is 16.9. The van der Waals surface area contributed by atoms with Crippen molar-refractivity contribution in [1.82, 2.24) is 9.55 Å². The van der Waals surface area contributed by atoms with Crippen molar-refractivity contribution in [1.29, 1.82) is 0 Å². The van der Waals surface area contributed by atoms with Gasteiger partial charge in [0.25, 0.3) is 5.56 Å². The van der Waals surface area contributed by atoms with Crippen molar-refractivity contribution in [2.45, 2.75) is 26.7 Å². The van der Waals surface area contributed by atoms with Gasteiger partial charge in [-0.15, -0.1) is 0 Å². The first-order valence-corrected chi connectivity index (χ1v) is 9.26. The quantitative estimate of drug-likeness (QED) is 0.598. The Morgan fingerprint density at radius 3 is 2.35 bits per heavy atom. The molecule has 0 spiro atoms. The lowest BCUT2D eigenvalue weighted by molar-refractivity contribution is 0.416. The summed E-state index contributed by atoms with van der Waals surface area (Å²) in [6, 6.07) is 15.6. The topological polar surface area (TPSA) is 44.1 Å². The summed E-state index contributed by atoms with van der Waals surface area (Å²) >= 11 is 3.38. The largest absolute Gasteiger partial charge is 0.496 e. The maximum absolute atomic E-state index is 13.0. The minimum atomic E-state index is -0.143. The molecule has 0 radical (unpaired) electrons. The second-order valence-corrected chi connectivity index (χ2v) is 7.21. The van der Waals surface area contributed by atoms with Crippen molar-refractivity contribution < 1.29 is 4.74 Å². The van der Waals surface area contributed by atoms with Gasteiger partial charge in [0.15, 0.2) is 5.82 Å². The molecule has 1 heterocycles. The molecule has 0 aliphatic rings. The lowest BCUT2D eigenvalue weighted by Gasteiger charge is -2.17. The van der Waals surface area contributed by atoms with E-state index in [-0.39, 0.29) is 5.56 Å². The molecule has 134 valence electrons. The molecule has 0 amide bonds. The zero-order chi connectivity index (χ0) is 18.8. The van der Waals surface area contributed by atoms with Crippen molar-refractivity contribution in [3.05, 3.63) is 74.6 Å². The van der Waals surface area contributed by atoms with Crippen LogP contribution >= 0.6 is 15.9 Å². The lowest BCUT2D eigenvalue weighted by atomic mass is 10.0. The smallest absolute Gasteiger partial charge is 0.272 e. The van der Waals surface area contributed by atoms with Gasteiger partial charge >= 0.3 is 0 Å². The van der Waals surface area contributed by atoms with E-state index in [1.165, 1.54) is 5.56 Å². The van der Waals surface area contributed by atoms with Crippen LogP contribution in [0.3, 0.4) is 0 Å². The van der Waals surface area contributed by atoms with E-state index in [1.807, 2.05) is 55.5 Å². The molecule has 0 aliphatic heterocycles. The molecule has 0 atom stereocenters. The maximum atomic E-state index is 13.0. The number of benzene rings is 2. The van der Waals surface area contributed by atoms with Gasteiger partial charge in [-0.3, -0.25) is 9.36 Å². The van der Waals surface area contributed by atoms with E-state index in [0.717, 1.165) is 11.3 Å². The Balaban J connectivity index is 2.30. The number of hydrogen-bond acceptors (Lipinski definition) is 3. The van der Waals surface area contributed by atoms with Crippen LogP contribution in [0.5, 0.6) is 5.75 Å². The lowest BCUT2D eigenvalue weighted by Crippen LogP contribution is -2.23. The van der Waals surface area contributed by atoms with Crippen LogP contribution in [0.15, 0.2) is 57.8 Å². The fraction of sp³-hybridized carbons (Fsp3) is 0.238. The van der Waals surface area contributed by atoms with Gasteiger partial charge in [-0.05, 0) is 58.6 Å². The van der Waals surface area contributed by atoms with Crippen molar-refractivity contribution >= 4 is 15.9 Å². The summed E-state index contributed by atoms with van der Waals surface area (Å²) in [5.41, 5.74) is 3.27. The first-order chi connectivity index (χ1) is 12.4. The van der Waals surface area contributed by atoms with Crippen LogP contribution in [0.4, 0.5) is 0 Å².